The van der Waals surface area contributed by atoms with E-state index in [1.54, 1.807) is 12.1 Å². The molecule has 0 saturated carbocycles. The Labute approximate surface area is 121 Å². The number of sulfonamides is 1. The van der Waals surface area contributed by atoms with Crippen LogP contribution in [0, 0.1) is 5.82 Å². The summed E-state index contributed by atoms with van der Waals surface area (Å²) in [6.45, 7) is 0. The van der Waals surface area contributed by atoms with Gasteiger partial charge >= 0.3 is 0 Å². The molecule has 0 fully saturated rings. The van der Waals surface area contributed by atoms with Crippen LogP contribution in [0.4, 0.5) is 10.1 Å². The van der Waals surface area contributed by atoms with Gasteiger partial charge in [-0.05, 0) is 42.5 Å². The van der Waals surface area contributed by atoms with E-state index in [1.807, 2.05) is 0 Å². The van der Waals surface area contributed by atoms with Crippen LogP contribution in [0.1, 0.15) is 10.4 Å². The molecule has 0 spiro atoms. The van der Waals surface area contributed by atoms with Crippen molar-refractivity contribution in [3.8, 4) is 0 Å². The van der Waals surface area contributed by atoms with Gasteiger partial charge in [0.15, 0.2) is 0 Å². The summed E-state index contributed by atoms with van der Waals surface area (Å²) in [6, 6.07) is 10.5. The molecule has 1 amide bonds. The Balaban J connectivity index is 2.28. The van der Waals surface area contributed by atoms with E-state index in [9.17, 15) is 17.6 Å². The summed E-state index contributed by atoms with van der Waals surface area (Å²) in [5.41, 5.74) is 0.581. The number of anilines is 1. The Hall–Kier alpha value is -2.41. The third-order valence-corrected chi connectivity index (χ3v) is 4.13. The average molecular weight is 308 g/mol. The van der Waals surface area contributed by atoms with Crippen molar-refractivity contribution in [2.24, 2.45) is 0 Å². The number of halogens is 1. The standard InChI is InChI=1S/C14H13FN2O3S/c1-16-14(18)10-3-2-4-12(9-10)17-21(19,20)13-7-5-11(15)6-8-13/h2-9,17H,1H3,(H,16,18). The second-order valence-corrected chi connectivity index (χ2v) is 5.90. The second-order valence-electron chi connectivity index (χ2n) is 4.22. The van der Waals surface area contributed by atoms with Gasteiger partial charge in [-0.2, -0.15) is 0 Å². The van der Waals surface area contributed by atoms with Crippen LogP contribution >= 0.6 is 0 Å². The summed E-state index contributed by atoms with van der Waals surface area (Å²) >= 11 is 0. The van der Waals surface area contributed by atoms with Crippen molar-refractivity contribution in [3.05, 3.63) is 59.9 Å². The minimum atomic E-state index is -3.83. The monoisotopic (exact) mass is 308 g/mol. The lowest BCUT2D eigenvalue weighted by atomic mass is 10.2. The first-order valence-electron chi connectivity index (χ1n) is 6.03. The predicted octanol–water partition coefficient (Wildman–Crippen LogP) is 1.99. The minimum absolute atomic E-state index is 0.0609. The van der Waals surface area contributed by atoms with Crippen molar-refractivity contribution in [3.63, 3.8) is 0 Å². The predicted molar refractivity (Wildman–Crippen MR) is 77.0 cm³/mol. The lowest BCUT2D eigenvalue weighted by Gasteiger charge is -2.09. The molecule has 2 rings (SSSR count). The summed E-state index contributed by atoms with van der Waals surface area (Å²) in [5.74, 6) is -0.839. The smallest absolute Gasteiger partial charge is 0.261 e. The van der Waals surface area contributed by atoms with Crippen LogP contribution in [-0.2, 0) is 10.0 Å². The highest BCUT2D eigenvalue weighted by molar-refractivity contribution is 7.92. The molecule has 0 heterocycles. The average Bonchev–Trinajstić information content (AvgIpc) is 2.46. The van der Waals surface area contributed by atoms with Crippen molar-refractivity contribution < 1.29 is 17.6 Å². The number of nitrogens with one attached hydrogen (secondary N) is 2. The zero-order valence-electron chi connectivity index (χ0n) is 11.1. The molecule has 0 aliphatic carbocycles. The molecule has 0 aliphatic rings. The molecule has 0 atom stereocenters. The van der Waals surface area contributed by atoms with Gasteiger partial charge in [0, 0.05) is 18.3 Å². The molecular formula is C14H13FN2O3S. The van der Waals surface area contributed by atoms with Crippen molar-refractivity contribution in [1.82, 2.24) is 5.32 Å². The Morgan fingerprint density at radius 3 is 2.38 bits per heavy atom. The Kier molecular flexibility index (Phi) is 4.23. The third kappa shape index (κ3) is 3.57. The van der Waals surface area contributed by atoms with Gasteiger partial charge in [-0.1, -0.05) is 6.07 Å². The van der Waals surface area contributed by atoms with Crippen molar-refractivity contribution in [1.29, 1.82) is 0 Å². The van der Waals surface area contributed by atoms with Crippen LogP contribution < -0.4 is 10.0 Å². The number of rotatable bonds is 4. The van der Waals surface area contributed by atoms with Crippen molar-refractivity contribution in [2.75, 3.05) is 11.8 Å². The summed E-state index contributed by atoms with van der Waals surface area (Å²) < 4.78 is 39.4. The van der Waals surface area contributed by atoms with Gasteiger partial charge < -0.3 is 5.32 Å². The molecule has 2 aromatic rings. The van der Waals surface area contributed by atoms with E-state index in [-0.39, 0.29) is 16.5 Å². The number of carbonyl (C=O) groups is 1. The third-order valence-electron chi connectivity index (χ3n) is 2.73. The maximum absolute atomic E-state index is 12.8. The molecule has 2 aromatic carbocycles. The van der Waals surface area contributed by atoms with E-state index in [1.165, 1.54) is 31.3 Å². The maximum Gasteiger partial charge on any atom is 0.261 e. The Morgan fingerprint density at radius 1 is 1.10 bits per heavy atom. The van der Waals surface area contributed by atoms with Crippen molar-refractivity contribution in [2.45, 2.75) is 4.90 Å². The summed E-state index contributed by atoms with van der Waals surface area (Å²) in [6.07, 6.45) is 0. The van der Waals surface area contributed by atoms with Gasteiger partial charge in [0.25, 0.3) is 15.9 Å². The van der Waals surface area contributed by atoms with E-state index < -0.39 is 15.8 Å². The van der Waals surface area contributed by atoms with Crippen LogP contribution in [0.2, 0.25) is 0 Å². The van der Waals surface area contributed by atoms with Gasteiger partial charge in [-0.25, -0.2) is 12.8 Å². The van der Waals surface area contributed by atoms with Crippen LogP contribution in [0.25, 0.3) is 0 Å². The van der Waals surface area contributed by atoms with Crippen LogP contribution in [-0.4, -0.2) is 21.4 Å². The molecule has 2 N–H and O–H groups in total. The number of hydrogen-bond donors (Lipinski definition) is 2. The molecular weight excluding hydrogens is 295 g/mol. The van der Waals surface area contributed by atoms with Gasteiger partial charge in [0.2, 0.25) is 0 Å². The first-order valence-corrected chi connectivity index (χ1v) is 7.51. The molecule has 0 bridgehead atoms. The molecule has 0 aromatic heterocycles. The largest absolute Gasteiger partial charge is 0.355 e. The van der Waals surface area contributed by atoms with Gasteiger partial charge in [-0.3, -0.25) is 9.52 Å². The summed E-state index contributed by atoms with van der Waals surface area (Å²) in [5, 5.41) is 2.45. The fourth-order valence-electron chi connectivity index (χ4n) is 1.70. The van der Waals surface area contributed by atoms with E-state index in [4.69, 9.17) is 0 Å². The molecule has 0 aliphatic heterocycles. The lowest BCUT2D eigenvalue weighted by Crippen LogP contribution is -2.18. The van der Waals surface area contributed by atoms with Gasteiger partial charge in [0.1, 0.15) is 5.82 Å². The van der Waals surface area contributed by atoms with Crippen LogP contribution in [0.5, 0.6) is 0 Å². The Bertz CT molecular complexity index is 758. The topological polar surface area (TPSA) is 75.3 Å². The normalized spacial score (nSPS) is 11.0. The Morgan fingerprint density at radius 2 is 1.76 bits per heavy atom. The maximum atomic E-state index is 12.8. The van der Waals surface area contributed by atoms with E-state index in [2.05, 4.69) is 10.0 Å². The van der Waals surface area contributed by atoms with Gasteiger partial charge in [-0.15, -0.1) is 0 Å². The minimum Gasteiger partial charge on any atom is -0.355 e. The highest BCUT2D eigenvalue weighted by atomic mass is 32.2. The first kappa shape index (κ1) is 15.0. The number of carbonyl (C=O) groups excluding carboxylic acids is 1. The molecule has 0 unspecified atom stereocenters. The number of amides is 1. The van der Waals surface area contributed by atoms with E-state index in [0.717, 1.165) is 12.1 Å². The van der Waals surface area contributed by atoms with Crippen molar-refractivity contribution >= 4 is 21.6 Å². The van der Waals surface area contributed by atoms with E-state index in [0.29, 0.717) is 5.56 Å². The number of hydrogen-bond acceptors (Lipinski definition) is 3. The van der Waals surface area contributed by atoms with E-state index >= 15 is 0 Å². The summed E-state index contributed by atoms with van der Waals surface area (Å²) in [7, 11) is -2.34. The fraction of sp³-hybridized carbons (Fsp3) is 0.0714. The molecule has 0 saturated heterocycles. The molecule has 110 valence electrons. The SMILES string of the molecule is CNC(=O)c1cccc(NS(=O)(=O)c2ccc(F)cc2)c1. The number of benzene rings is 2. The molecule has 21 heavy (non-hydrogen) atoms. The first-order chi connectivity index (χ1) is 9.92. The second kappa shape index (κ2) is 5.92. The summed E-state index contributed by atoms with van der Waals surface area (Å²) in [4.78, 5) is 11.4. The molecule has 5 nitrogen and oxygen atoms in total. The zero-order valence-corrected chi connectivity index (χ0v) is 11.9. The molecule has 0 radical (unpaired) electrons. The van der Waals surface area contributed by atoms with Crippen LogP contribution in [0.3, 0.4) is 0 Å². The van der Waals surface area contributed by atoms with Gasteiger partial charge in [0.05, 0.1) is 4.90 Å². The van der Waals surface area contributed by atoms with Crippen LogP contribution in [0.15, 0.2) is 53.4 Å². The quantitative estimate of drug-likeness (QED) is 0.907. The fourth-order valence-corrected chi connectivity index (χ4v) is 2.75. The highest BCUT2D eigenvalue weighted by Crippen LogP contribution is 2.17. The lowest BCUT2D eigenvalue weighted by molar-refractivity contribution is 0.0963. The molecule has 7 heteroatoms. The zero-order chi connectivity index (χ0) is 15.5. The highest BCUT2D eigenvalue weighted by Gasteiger charge is 2.14.